The van der Waals surface area contributed by atoms with Gasteiger partial charge in [-0.15, -0.1) is 11.6 Å². The largest absolute Gasteiger partial charge is 0.369 e. The lowest BCUT2D eigenvalue weighted by Gasteiger charge is -2.41. The fraction of sp³-hybridized carbons (Fsp3) is 0.647. The van der Waals surface area contributed by atoms with Crippen LogP contribution in [0.4, 0.5) is 5.82 Å². The first kappa shape index (κ1) is 15.6. The van der Waals surface area contributed by atoms with E-state index in [1.807, 2.05) is 19.1 Å². The van der Waals surface area contributed by atoms with Crippen molar-refractivity contribution < 1.29 is 4.79 Å². The van der Waals surface area contributed by atoms with Crippen molar-refractivity contribution >= 4 is 23.3 Å². The number of hydrogen-bond acceptors (Lipinski definition) is 3. The zero-order chi connectivity index (χ0) is 15.7. The molecule has 2 N–H and O–H groups in total. The number of pyridine rings is 1. The zero-order valence-electron chi connectivity index (χ0n) is 13.2. The Morgan fingerprint density at radius 1 is 1.32 bits per heavy atom. The molecule has 1 aliphatic heterocycles. The van der Waals surface area contributed by atoms with Crippen molar-refractivity contribution in [2.45, 2.75) is 50.9 Å². The Hall–Kier alpha value is -1.29. The summed E-state index contributed by atoms with van der Waals surface area (Å²) >= 11 is 6.29. The number of carbonyl (C=O) groups excluding carboxylic acids is 1. The van der Waals surface area contributed by atoms with Crippen molar-refractivity contribution in [2.24, 2.45) is 11.8 Å². The van der Waals surface area contributed by atoms with Crippen molar-refractivity contribution in [3.63, 3.8) is 0 Å². The monoisotopic (exact) mass is 321 g/mol. The minimum Gasteiger partial charge on any atom is -0.369 e. The summed E-state index contributed by atoms with van der Waals surface area (Å²) in [7, 11) is 0. The molecule has 2 heterocycles. The number of nitrogens with zero attached hydrogens (tertiary/aromatic N) is 1. The van der Waals surface area contributed by atoms with Crippen LogP contribution in [0, 0.1) is 25.7 Å². The number of nitrogens with one attached hydrogen (secondary N) is 2. The quantitative estimate of drug-likeness (QED) is 0.841. The molecule has 0 aromatic carbocycles. The van der Waals surface area contributed by atoms with E-state index in [1.54, 1.807) is 0 Å². The van der Waals surface area contributed by atoms with Crippen LogP contribution in [0.2, 0.25) is 0 Å². The summed E-state index contributed by atoms with van der Waals surface area (Å²) in [6.45, 7) is 4.68. The summed E-state index contributed by atoms with van der Waals surface area (Å²) in [6, 6.07) is 4.40. The van der Waals surface area contributed by atoms with Crippen molar-refractivity contribution in [3.05, 3.63) is 23.4 Å². The van der Waals surface area contributed by atoms with E-state index < -0.39 is 0 Å². The van der Waals surface area contributed by atoms with Gasteiger partial charge in [-0.05, 0) is 63.1 Å². The van der Waals surface area contributed by atoms with Crippen LogP contribution in [0.15, 0.2) is 12.1 Å². The van der Waals surface area contributed by atoms with E-state index in [9.17, 15) is 4.79 Å². The van der Waals surface area contributed by atoms with Gasteiger partial charge in [-0.3, -0.25) is 4.79 Å². The molecule has 1 aromatic rings. The Bertz CT molecular complexity index is 543. The highest BCUT2D eigenvalue weighted by Gasteiger charge is 2.38. The van der Waals surface area contributed by atoms with Crippen LogP contribution >= 0.6 is 11.6 Å². The Labute approximate surface area is 137 Å². The third-order valence-corrected chi connectivity index (χ3v) is 5.23. The van der Waals surface area contributed by atoms with E-state index in [-0.39, 0.29) is 17.2 Å². The minimum absolute atomic E-state index is 0.00540. The Kier molecular flexibility index (Phi) is 4.57. The standard InChI is InChI=1S/C17H24ClN3O/c1-10-5-11(2)20-16(6-10)19-9-13-7-12-8-14(18)3-4-15(12)21-17(13)22/h5-6,12-15H,3-4,7-9H2,1-2H3,(H,19,20)(H,21,22). The number of piperidine rings is 1. The fourth-order valence-corrected chi connectivity index (χ4v) is 4.12. The topological polar surface area (TPSA) is 54.0 Å². The van der Waals surface area contributed by atoms with E-state index in [0.717, 1.165) is 37.2 Å². The van der Waals surface area contributed by atoms with E-state index in [0.29, 0.717) is 18.5 Å². The molecule has 1 aliphatic carbocycles. The number of fused-ring (bicyclic) bond motifs is 1. The second-order valence-electron chi connectivity index (χ2n) is 6.77. The maximum Gasteiger partial charge on any atom is 0.225 e. The summed E-state index contributed by atoms with van der Waals surface area (Å²) in [5.74, 6) is 1.55. The molecular formula is C17H24ClN3O. The van der Waals surface area contributed by atoms with Gasteiger partial charge in [-0.2, -0.15) is 0 Å². The number of alkyl halides is 1. The highest BCUT2D eigenvalue weighted by molar-refractivity contribution is 6.20. The summed E-state index contributed by atoms with van der Waals surface area (Å²) in [6.07, 6.45) is 3.98. The van der Waals surface area contributed by atoms with Crippen LogP contribution < -0.4 is 10.6 Å². The lowest BCUT2D eigenvalue weighted by Crippen LogP contribution is -2.53. The van der Waals surface area contributed by atoms with Crippen LogP contribution in [-0.4, -0.2) is 28.9 Å². The summed E-state index contributed by atoms with van der Waals surface area (Å²) in [5.41, 5.74) is 2.17. The van der Waals surface area contributed by atoms with Crippen molar-refractivity contribution in [1.82, 2.24) is 10.3 Å². The molecule has 0 spiro atoms. The highest BCUT2D eigenvalue weighted by atomic mass is 35.5. The van der Waals surface area contributed by atoms with Gasteiger partial charge in [-0.1, -0.05) is 0 Å². The summed E-state index contributed by atoms with van der Waals surface area (Å²) in [4.78, 5) is 16.8. The van der Waals surface area contributed by atoms with Gasteiger partial charge < -0.3 is 10.6 Å². The van der Waals surface area contributed by atoms with Crippen LogP contribution in [0.5, 0.6) is 0 Å². The number of hydrogen-bond donors (Lipinski definition) is 2. The fourth-order valence-electron chi connectivity index (χ4n) is 3.77. The number of amides is 1. The van der Waals surface area contributed by atoms with Gasteiger partial charge in [-0.25, -0.2) is 4.98 Å². The molecule has 4 nitrogen and oxygen atoms in total. The molecule has 1 amide bonds. The first-order valence-electron chi connectivity index (χ1n) is 8.15. The Balaban J connectivity index is 1.61. The van der Waals surface area contributed by atoms with Crippen molar-refractivity contribution in [2.75, 3.05) is 11.9 Å². The van der Waals surface area contributed by atoms with E-state index in [4.69, 9.17) is 11.6 Å². The highest BCUT2D eigenvalue weighted by Crippen LogP contribution is 2.35. The molecule has 0 bridgehead atoms. The first-order chi connectivity index (χ1) is 10.5. The molecule has 2 fully saturated rings. The second-order valence-corrected chi connectivity index (χ2v) is 7.39. The van der Waals surface area contributed by atoms with E-state index >= 15 is 0 Å². The third-order valence-electron chi connectivity index (χ3n) is 4.83. The summed E-state index contributed by atoms with van der Waals surface area (Å²) in [5, 5.41) is 6.79. The van der Waals surface area contributed by atoms with Crippen molar-refractivity contribution in [3.8, 4) is 0 Å². The lowest BCUT2D eigenvalue weighted by molar-refractivity contribution is -0.129. The molecule has 1 saturated carbocycles. The third kappa shape index (κ3) is 3.54. The number of carbonyl (C=O) groups is 1. The van der Waals surface area contributed by atoms with Gasteiger partial charge in [0.05, 0.1) is 5.92 Å². The molecule has 4 unspecified atom stereocenters. The maximum absolute atomic E-state index is 12.3. The van der Waals surface area contributed by atoms with E-state index in [1.165, 1.54) is 5.56 Å². The average Bonchev–Trinajstić information content (AvgIpc) is 2.44. The summed E-state index contributed by atoms with van der Waals surface area (Å²) < 4.78 is 0. The number of anilines is 1. The molecule has 4 atom stereocenters. The van der Waals surface area contributed by atoms with Gasteiger partial charge in [0, 0.05) is 23.7 Å². The second kappa shape index (κ2) is 6.45. The van der Waals surface area contributed by atoms with Gasteiger partial charge in [0.2, 0.25) is 5.91 Å². The molecule has 2 aliphatic rings. The molecule has 120 valence electrons. The SMILES string of the molecule is Cc1cc(C)nc(NCC2CC3CC(Cl)CCC3NC2=O)c1. The van der Waals surface area contributed by atoms with Crippen LogP contribution in [-0.2, 0) is 4.79 Å². The zero-order valence-corrected chi connectivity index (χ0v) is 14.0. The lowest BCUT2D eigenvalue weighted by atomic mass is 9.75. The van der Waals surface area contributed by atoms with Gasteiger partial charge >= 0.3 is 0 Å². The van der Waals surface area contributed by atoms with Crippen LogP contribution in [0.1, 0.15) is 36.9 Å². The van der Waals surface area contributed by atoms with E-state index in [2.05, 4.69) is 22.5 Å². The average molecular weight is 322 g/mol. The molecular weight excluding hydrogens is 298 g/mol. The van der Waals surface area contributed by atoms with Crippen LogP contribution in [0.25, 0.3) is 0 Å². The molecule has 5 heteroatoms. The number of halogens is 1. The van der Waals surface area contributed by atoms with Crippen molar-refractivity contribution in [1.29, 1.82) is 0 Å². The number of rotatable bonds is 3. The molecule has 3 rings (SSSR count). The minimum atomic E-state index is 0.00540. The maximum atomic E-state index is 12.3. The molecule has 1 aromatic heterocycles. The van der Waals surface area contributed by atoms with Gasteiger partial charge in [0.15, 0.2) is 0 Å². The molecule has 0 radical (unpaired) electrons. The Morgan fingerprint density at radius 2 is 2.14 bits per heavy atom. The van der Waals surface area contributed by atoms with Gasteiger partial charge in [0.1, 0.15) is 5.82 Å². The number of aryl methyl sites for hydroxylation is 2. The predicted octanol–water partition coefficient (Wildman–Crippen LogP) is 3.02. The molecule has 1 saturated heterocycles. The first-order valence-corrected chi connectivity index (χ1v) is 8.58. The smallest absolute Gasteiger partial charge is 0.225 e. The van der Waals surface area contributed by atoms with Gasteiger partial charge in [0.25, 0.3) is 0 Å². The number of aromatic nitrogens is 1. The van der Waals surface area contributed by atoms with Crippen LogP contribution in [0.3, 0.4) is 0 Å². The predicted molar refractivity (Wildman–Crippen MR) is 89.2 cm³/mol. The normalized spacial score (nSPS) is 31.3. The molecule has 22 heavy (non-hydrogen) atoms. The Morgan fingerprint density at radius 3 is 2.91 bits per heavy atom.